The molecule has 2 heteroatoms. The van der Waals surface area contributed by atoms with Crippen LogP contribution < -0.4 is 0 Å². The summed E-state index contributed by atoms with van der Waals surface area (Å²) in [5, 5.41) is 0. The molecule has 0 unspecified atom stereocenters. The maximum Gasteiger partial charge on any atom is 0.224 e. The molecular weight excluding hydrogens is 165 g/mol. The zero-order chi connectivity index (χ0) is 9.31. The Morgan fingerprint density at radius 3 is 2.77 bits per heavy atom. The summed E-state index contributed by atoms with van der Waals surface area (Å²) in [6.07, 6.45) is 2.05. The van der Waals surface area contributed by atoms with Gasteiger partial charge in [0.05, 0.1) is 5.41 Å². The highest BCUT2D eigenvalue weighted by Crippen LogP contribution is 2.48. The molecule has 0 N–H and O–H groups in total. The van der Waals surface area contributed by atoms with E-state index in [9.17, 15) is 4.39 Å². The Morgan fingerprint density at radius 2 is 2.23 bits per heavy atom. The highest BCUT2D eigenvalue weighted by Gasteiger charge is 2.47. The molecule has 0 saturated heterocycles. The van der Waals surface area contributed by atoms with Crippen LogP contribution in [-0.4, -0.2) is 6.54 Å². The Bertz CT molecular complexity index is 361. The van der Waals surface area contributed by atoms with E-state index in [0.717, 1.165) is 18.4 Å². The molecule has 0 aliphatic heterocycles. The summed E-state index contributed by atoms with van der Waals surface area (Å²) >= 11 is 0. The molecule has 1 saturated carbocycles. The topological polar surface area (TPSA) is 4.36 Å². The number of nitrogens with zero attached hydrogens (tertiary/aromatic N) is 1. The van der Waals surface area contributed by atoms with Crippen molar-refractivity contribution in [2.75, 3.05) is 6.54 Å². The number of halogens is 1. The summed E-state index contributed by atoms with van der Waals surface area (Å²) in [4.78, 5) is 3.40. The first-order valence-corrected chi connectivity index (χ1v) is 4.36. The molecule has 0 bridgehead atoms. The quantitative estimate of drug-likeness (QED) is 0.609. The molecule has 1 nitrogen and oxygen atoms in total. The molecule has 1 aliphatic carbocycles. The van der Waals surface area contributed by atoms with Gasteiger partial charge in [-0.2, -0.15) is 0 Å². The van der Waals surface area contributed by atoms with Gasteiger partial charge in [-0.15, -0.1) is 0 Å². The molecule has 1 aromatic carbocycles. The van der Waals surface area contributed by atoms with Crippen LogP contribution in [0.4, 0.5) is 4.39 Å². The van der Waals surface area contributed by atoms with E-state index in [-0.39, 0.29) is 11.2 Å². The molecule has 0 spiro atoms. The number of benzene rings is 1. The third-order valence-electron chi connectivity index (χ3n) is 2.67. The third-order valence-corrected chi connectivity index (χ3v) is 2.67. The molecule has 0 heterocycles. The molecule has 2 rings (SSSR count). The van der Waals surface area contributed by atoms with E-state index in [1.54, 1.807) is 12.1 Å². The molecule has 1 aliphatic rings. The monoisotopic (exact) mass is 175 g/mol. The Kier molecular flexibility index (Phi) is 1.81. The van der Waals surface area contributed by atoms with Crippen LogP contribution in [0, 0.1) is 12.4 Å². The van der Waals surface area contributed by atoms with E-state index in [1.807, 2.05) is 6.07 Å². The van der Waals surface area contributed by atoms with Crippen LogP contribution in [0.5, 0.6) is 0 Å². The largest absolute Gasteiger partial charge is 0.316 e. The summed E-state index contributed by atoms with van der Waals surface area (Å²) in [6, 6.07) is 6.63. The molecule has 1 aromatic rings. The van der Waals surface area contributed by atoms with E-state index in [1.165, 1.54) is 6.07 Å². The number of hydrogen-bond acceptors (Lipinski definition) is 0. The molecule has 0 amide bonds. The van der Waals surface area contributed by atoms with E-state index in [2.05, 4.69) is 4.85 Å². The number of hydrogen-bond donors (Lipinski definition) is 0. The first-order valence-electron chi connectivity index (χ1n) is 4.36. The zero-order valence-corrected chi connectivity index (χ0v) is 7.26. The van der Waals surface area contributed by atoms with Crippen molar-refractivity contribution in [1.82, 2.24) is 0 Å². The van der Waals surface area contributed by atoms with E-state index < -0.39 is 0 Å². The highest BCUT2D eigenvalue weighted by molar-refractivity contribution is 5.33. The molecule has 0 radical (unpaired) electrons. The average Bonchev–Trinajstić information content (AvgIpc) is 2.86. The van der Waals surface area contributed by atoms with Crippen molar-refractivity contribution in [1.29, 1.82) is 0 Å². The van der Waals surface area contributed by atoms with Crippen LogP contribution in [0.2, 0.25) is 0 Å². The van der Waals surface area contributed by atoms with Crippen LogP contribution in [0.15, 0.2) is 24.3 Å². The fourth-order valence-electron chi connectivity index (χ4n) is 1.66. The van der Waals surface area contributed by atoms with Gasteiger partial charge in [0.1, 0.15) is 5.82 Å². The Morgan fingerprint density at radius 1 is 1.46 bits per heavy atom. The van der Waals surface area contributed by atoms with Gasteiger partial charge in [-0.25, -0.2) is 11.0 Å². The van der Waals surface area contributed by atoms with Gasteiger partial charge in [0.15, 0.2) is 0 Å². The van der Waals surface area contributed by atoms with Gasteiger partial charge in [0, 0.05) is 0 Å². The zero-order valence-electron chi connectivity index (χ0n) is 7.26. The minimum atomic E-state index is -0.200. The van der Waals surface area contributed by atoms with Crippen molar-refractivity contribution in [3.8, 4) is 0 Å². The van der Waals surface area contributed by atoms with Crippen LogP contribution >= 0.6 is 0 Å². The maximum atomic E-state index is 12.9. The summed E-state index contributed by atoms with van der Waals surface area (Å²) < 4.78 is 12.9. The predicted octanol–water partition coefficient (Wildman–Crippen LogP) is 2.78. The molecule has 0 atom stereocenters. The molecular formula is C11H10FN. The maximum absolute atomic E-state index is 12.9. The lowest BCUT2D eigenvalue weighted by atomic mass is 9.96. The van der Waals surface area contributed by atoms with Crippen molar-refractivity contribution < 1.29 is 4.39 Å². The lowest BCUT2D eigenvalue weighted by molar-refractivity contribution is 0.619. The fraction of sp³-hybridized carbons (Fsp3) is 0.364. The van der Waals surface area contributed by atoms with Crippen LogP contribution in [-0.2, 0) is 5.41 Å². The average molecular weight is 175 g/mol. The van der Waals surface area contributed by atoms with Crippen molar-refractivity contribution >= 4 is 0 Å². The van der Waals surface area contributed by atoms with Gasteiger partial charge in [-0.1, -0.05) is 12.1 Å². The first-order chi connectivity index (χ1) is 6.27. The Balaban J connectivity index is 2.31. The number of rotatable bonds is 2. The highest BCUT2D eigenvalue weighted by atomic mass is 19.1. The summed E-state index contributed by atoms with van der Waals surface area (Å²) in [7, 11) is 0. The van der Waals surface area contributed by atoms with E-state index >= 15 is 0 Å². The van der Waals surface area contributed by atoms with Crippen LogP contribution in [0.3, 0.4) is 0 Å². The summed E-state index contributed by atoms with van der Waals surface area (Å²) in [5.41, 5.74) is 0.979. The molecule has 1 fully saturated rings. The van der Waals surface area contributed by atoms with Gasteiger partial charge < -0.3 is 4.85 Å². The first kappa shape index (κ1) is 8.25. The van der Waals surface area contributed by atoms with Gasteiger partial charge in [0.25, 0.3) is 0 Å². The van der Waals surface area contributed by atoms with Gasteiger partial charge in [0.2, 0.25) is 6.54 Å². The Labute approximate surface area is 77.0 Å². The second kappa shape index (κ2) is 2.85. The molecule has 13 heavy (non-hydrogen) atoms. The minimum absolute atomic E-state index is 0.0101. The van der Waals surface area contributed by atoms with Crippen molar-refractivity contribution in [3.63, 3.8) is 0 Å². The second-order valence-corrected chi connectivity index (χ2v) is 3.61. The normalized spacial score (nSPS) is 17.8. The summed E-state index contributed by atoms with van der Waals surface area (Å²) in [6.45, 7) is 7.33. The standard InChI is InChI=1S/C11H10FN/c1-13-8-11(5-6-11)9-3-2-4-10(12)7-9/h2-4,7H,5-6,8H2. The lowest BCUT2D eigenvalue weighted by Crippen LogP contribution is -2.09. The summed E-state index contributed by atoms with van der Waals surface area (Å²) in [5.74, 6) is -0.200. The van der Waals surface area contributed by atoms with Crippen molar-refractivity contribution in [3.05, 3.63) is 47.1 Å². The van der Waals surface area contributed by atoms with Crippen molar-refractivity contribution in [2.24, 2.45) is 0 Å². The minimum Gasteiger partial charge on any atom is -0.316 e. The smallest absolute Gasteiger partial charge is 0.224 e. The second-order valence-electron chi connectivity index (χ2n) is 3.61. The SMILES string of the molecule is [C-]#[N+]CC1(c2cccc(F)c2)CC1. The predicted molar refractivity (Wildman–Crippen MR) is 48.8 cm³/mol. The van der Waals surface area contributed by atoms with Gasteiger partial charge in [-0.05, 0) is 30.5 Å². The third kappa shape index (κ3) is 1.42. The van der Waals surface area contributed by atoms with Crippen LogP contribution in [0.1, 0.15) is 18.4 Å². The van der Waals surface area contributed by atoms with E-state index in [4.69, 9.17) is 6.57 Å². The fourth-order valence-corrected chi connectivity index (χ4v) is 1.66. The molecule has 0 aromatic heterocycles. The molecule has 66 valence electrons. The Hall–Kier alpha value is -1.36. The lowest BCUT2D eigenvalue weighted by Gasteiger charge is -2.07. The van der Waals surface area contributed by atoms with Crippen molar-refractivity contribution in [2.45, 2.75) is 18.3 Å². The van der Waals surface area contributed by atoms with Gasteiger partial charge >= 0.3 is 0 Å². The van der Waals surface area contributed by atoms with E-state index in [0.29, 0.717) is 6.54 Å². The van der Waals surface area contributed by atoms with Gasteiger partial charge in [-0.3, -0.25) is 0 Å². The van der Waals surface area contributed by atoms with Crippen LogP contribution in [0.25, 0.3) is 4.85 Å².